The largest absolute Gasteiger partial charge is 0.463 e. The quantitative estimate of drug-likeness (QED) is 0.325. The number of furan rings is 1. The lowest BCUT2D eigenvalue weighted by molar-refractivity contribution is -0.139. The lowest BCUT2D eigenvalue weighted by Crippen LogP contribution is -2.39. The van der Waals surface area contributed by atoms with E-state index in [-0.39, 0.29) is 12.2 Å². The summed E-state index contributed by atoms with van der Waals surface area (Å²) in [6.45, 7) is 3.75. The standard InChI is InChI=1S/C29H26ClN3O4S/c1-5-36-28(35)25-17(2)31-29-33(26(25)18-9-11-21(12-10-18)32(3)4)27(34)24(38-29)16-22-13-14-23(37-22)19-7-6-8-20(30)15-19/h6-16,26H,5H2,1-4H3/b24-16+. The van der Waals surface area contributed by atoms with Crippen LogP contribution in [0.1, 0.15) is 31.2 Å². The van der Waals surface area contributed by atoms with Crippen LogP contribution in [0.2, 0.25) is 5.02 Å². The molecule has 0 radical (unpaired) electrons. The Balaban J connectivity index is 1.63. The van der Waals surface area contributed by atoms with E-state index >= 15 is 0 Å². The van der Waals surface area contributed by atoms with Gasteiger partial charge in [-0.1, -0.05) is 47.2 Å². The van der Waals surface area contributed by atoms with Crippen molar-refractivity contribution >= 4 is 40.7 Å². The van der Waals surface area contributed by atoms with E-state index in [1.165, 1.54) is 11.3 Å². The predicted molar refractivity (Wildman–Crippen MR) is 150 cm³/mol. The van der Waals surface area contributed by atoms with E-state index < -0.39 is 12.0 Å². The number of esters is 1. The molecule has 1 unspecified atom stereocenters. The zero-order valence-electron chi connectivity index (χ0n) is 21.4. The first kappa shape index (κ1) is 25.8. The second kappa shape index (κ2) is 10.5. The van der Waals surface area contributed by atoms with E-state index in [0.29, 0.717) is 37.1 Å². The van der Waals surface area contributed by atoms with Crippen molar-refractivity contribution in [1.29, 1.82) is 0 Å². The molecule has 0 saturated heterocycles. The number of aromatic nitrogens is 1. The number of allylic oxidation sites excluding steroid dienone is 1. The molecule has 0 amide bonds. The molecule has 38 heavy (non-hydrogen) atoms. The maximum absolute atomic E-state index is 13.8. The summed E-state index contributed by atoms with van der Waals surface area (Å²) in [5.41, 5.74) is 3.26. The van der Waals surface area contributed by atoms with Gasteiger partial charge in [0.25, 0.3) is 5.56 Å². The fraction of sp³-hybridized carbons (Fsp3) is 0.207. The van der Waals surface area contributed by atoms with Crippen molar-refractivity contribution in [1.82, 2.24) is 4.57 Å². The normalized spacial score (nSPS) is 15.3. The Morgan fingerprint density at radius 3 is 2.63 bits per heavy atom. The number of carbonyl (C=O) groups is 1. The van der Waals surface area contributed by atoms with E-state index in [4.69, 9.17) is 20.8 Å². The van der Waals surface area contributed by atoms with E-state index in [9.17, 15) is 9.59 Å². The minimum absolute atomic E-state index is 0.222. The molecule has 0 aliphatic carbocycles. The van der Waals surface area contributed by atoms with Crippen LogP contribution in [0.5, 0.6) is 0 Å². The molecule has 0 bridgehead atoms. The molecule has 4 aromatic rings. The van der Waals surface area contributed by atoms with Crippen LogP contribution in [-0.2, 0) is 9.53 Å². The third-order valence-electron chi connectivity index (χ3n) is 6.25. The van der Waals surface area contributed by atoms with Crippen LogP contribution in [0.15, 0.2) is 86.1 Å². The van der Waals surface area contributed by atoms with E-state index in [1.807, 2.05) is 67.5 Å². The highest BCUT2D eigenvalue weighted by atomic mass is 35.5. The minimum Gasteiger partial charge on any atom is -0.463 e. The monoisotopic (exact) mass is 547 g/mol. The molecule has 0 saturated carbocycles. The fourth-order valence-corrected chi connectivity index (χ4v) is 5.64. The molecule has 194 valence electrons. The third-order valence-corrected chi connectivity index (χ3v) is 7.47. The first-order chi connectivity index (χ1) is 18.3. The molecule has 1 aliphatic heterocycles. The summed E-state index contributed by atoms with van der Waals surface area (Å²) in [7, 11) is 3.91. The van der Waals surface area contributed by atoms with Gasteiger partial charge in [-0.25, -0.2) is 9.79 Å². The predicted octanol–water partition coefficient (Wildman–Crippen LogP) is 4.78. The molecule has 3 heterocycles. The third kappa shape index (κ3) is 4.85. The molecule has 0 N–H and O–H groups in total. The van der Waals surface area contributed by atoms with Crippen molar-refractivity contribution in [3.05, 3.63) is 108 Å². The Hall–Kier alpha value is -3.88. The number of ether oxygens (including phenoxy) is 1. The highest BCUT2D eigenvalue weighted by molar-refractivity contribution is 7.07. The first-order valence-electron chi connectivity index (χ1n) is 12.1. The van der Waals surface area contributed by atoms with Gasteiger partial charge < -0.3 is 14.1 Å². The number of benzene rings is 2. The van der Waals surface area contributed by atoms with Crippen molar-refractivity contribution in [2.45, 2.75) is 19.9 Å². The van der Waals surface area contributed by atoms with Crippen LogP contribution in [0, 0.1) is 0 Å². The number of carbonyl (C=O) groups excluding carboxylic acids is 1. The summed E-state index contributed by atoms with van der Waals surface area (Å²) in [4.78, 5) is 33.9. The Morgan fingerprint density at radius 2 is 1.95 bits per heavy atom. The van der Waals surface area contributed by atoms with Gasteiger partial charge in [-0.2, -0.15) is 0 Å². The van der Waals surface area contributed by atoms with Gasteiger partial charge in [-0.3, -0.25) is 9.36 Å². The first-order valence-corrected chi connectivity index (χ1v) is 13.3. The van der Waals surface area contributed by atoms with E-state index in [0.717, 1.165) is 16.8 Å². The molecule has 2 aromatic heterocycles. The zero-order chi connectivity index (χ0) is 27.0. The van der Waals surface area contributed by atoms with Gasteiger partial charge in [-0.05, 0) is 55.8 Å². The lowest BCUT2D eigenvalue weighted by atomic mass is 9.95. The smallest absolute Gasteiger partial charge is 0.338 e. The fourth-order valence-electron chi connectivity index (χ4n) is 4.42. The topological polar surface area (TPSA) is 77.0 Å². The number of fused-ring (bicyclic) bond motifs is 1. The van der Waals surface area contributed by atoms with Crippen LogP contribution >= 0.6 is 22.9 Å². The summed E-state index contributed by atoms with van der Waals surface area (Å²) < 4.78 is 13.4. The van der Waals surface area contributed by atoms with Crippen LogP contribution < -0.4 is 19.8 Å². The Bertz CT molecular complexity index is 1730. The number of halogens is 1. The number of rotatable bonds is 6. The second-order valence-corrected chi connectivity index (χ2v) is 10.4. The van der Waals surface area contributed by atoms with Crippen LogP contribution in [-0.4, -0.2) is 31.2 Å². The summed E-state index contributed by atoms with van der Waals surface area (Å²) in [6.07, 6.45) is 1.70. The minimum atomic E-state index is -0.665. The van der Waals surface area contributed by atoms with Gasteiger partial charge in [0.2, 0.25) is 0 Å². The summed E-state index contributed by atoms with van der Waals surface area (Å²) in [6, 6.07) is 18.1. The second-order valence-electron chi connectivity index (χ2n) is 9.00. The summed E-state index contributed by atoms with van der Waals surface area (Å²) in [5.74, 6) is 0.686. The van der Waals surface area contributed by atoms with Crippen molar-refractivity contribution in [2.75, 3.05) is 25.6 Å². The molecular weight excluding hydrogens is 522 g/mol. The van der Waals surface area contributed by atoms with Crippen molar-refractivity contribution in [3.63, 3.8) is 0 Å². The molecule has 1 aliphatic rings. The van der Waals surface area contributed by atoms with E-state index in [2.05, 4.69) is 4.99 Å². The molecule has 7 nitrogen and oxygen atoms in total. The Morgan fingerprint density at radius 1 is 1.18 bits per heavy atom. The van der Waals surface area contributed by atoms with Gasteiger partial charge >= 0.3 is 5.97 Å². The maximum atomic E-state index is 13.8. The van der Waals surface area contributed by atoms with Gasteiger partial charge in [0.05, 0.1) is 28.5 Å². The number of hydrogen-bond acceptors (Lipinski definition) is 7. The summed E-state index contributed by atoms with van der Waals surface area (Å²) in [5, 5.41) is 0.611. The van der Waals surface area contributed by atoms with Crippen LogP contribution in [0.25, 0.3) is 17.4 Å². The molecule has 0 fully saturated rings. The number of thiazole rings is 1. The van der Waals surface area contributed by atoms with Crippen molar-refractivity contribution < 1.29 is 13.9 Å². The number of anilines is 1. The van der Waals surface area contributed by atoms with Gasteiger partial charge in [0, 0.05) is 36.4 Å². The van der Waals surface area contributed by atoms with Gasteiger partial charge in [-0.15, -0.1) is 0 Å². The molecule has 5 rings (SSSR count). The maximum Gasteiger partial charge on any atom is 0.338 e. The van der Waals surface area contributed by atoms with Crippen molar-refractivity contribution in [3.8, 4) is 11.3 Å². The Labute approximate surface area is 228 Å². The SMILES string of the molecule is CCOC(=O)C1=C(C)N=c2s/c(=C/c3ccc(-c4cccc(Cl)c4)o3)c(=O)n2C1c1ccc(N(C)C)cc1. The highest BCUT2D eigenvalue weighted by Gasteiger charge is 2.33. The molecule has 9 heteroatoms. The number of nitrogens with zero attached hydrogens (tertiary/aromatic N) is 3. The van der Waals surface area contributed by atoms with Crippen LogP contribution in [0.4, 0.5) is 5.69 Å². The lowest BCUT2D eigenvalue weighted by Gasteiger charge is -2.25. The molecule has 1 atom stereocenters. The zero-order valence-corrected chi connectivity index (χ0v) is 23.0. The summed E-state index contributed by atoms with van der Waals surface area (Å²) >= 11 is 7.38. The van der Waals surface area contributed by atoms with E-state index in [1.54, 1.807) is 36.6 Å². The Kier molecular flexibility index (Phi) is 7.10. The molecular formula is C29H26ClN3O4S. The van der Waals surface area contributed by atoms with Crippen LogP contribution in [0.3, 0.4) is 0 Å². The average molecular weight is 548 g/mol. The number of hydrogen-bond donors (Lipinski definition) is 0. The molecule has 0 spiro atoms. The van der Waals surface area contributed by atoms with Gasteiger partial charge in [0.1, 0.15) is 11.5 Å². The van der Waals surface area contributed by atoms with Crippen molar-refractivity contribution in [2.24, 2.45) is 4.99 Å². The average Bonchev–Trinajstić information content (AvgIpc) is 3.48. The van der Waals surface area contributed by atoms with Gasteiger partial charge in [0.15, 0.2) is 4.80 Å². The molecule has 2 aromatic carbocycles. The highest BCUT2D eigenvalue weighted by Crippen LogP contribution is 2.32.